The summed E-state index contributed by atoms with van der Waals surface area (Å²) < 4.78 is 5.51. The highest BCUT2D eigenvalue weighted by Gasteiger charge is 2.21. The highest BCUT2D eigenvalue weighted by molar-refractivity contribution is 5.80. The van der Waals surface area contributed by atoms with Gasteiger partial charge in [0.05, 0.1) is 12.6 Å². The summed E-state index contributed by atoms with van der Waals surface area (Å²) >= 11 is 0. The molecule has 1 saturated heterocycles. The molecule has 0 spiro atoms. The third-order valence-electron chi connectivity index (χ3n) is 4.59. The lowest BCUT2D eigenvalue weighted by molar-refractivity contribution is -0.119. The lowest BCUT2D eigenvalue weighted by atomic mass is 9.97. The molecule has 1 atom stereocenters. The zero-order valence-electron chi connectivity index (χ0n) is 14.4. The van der Waals surface area contributed by atoms with Gasteiger partial charge < -0.3 is 10.1 Å². The van der Waals surface area contributed by atoms with Crippen LogP contribution in [0.25, 0.3) is 10.9 Å². The van der Waals surface area contributed by atoms with Crippen LogP contribution in [0.2, 0.25) is 0 Å². The molecule has 0 unspecified atom stereocenters. The number of nitrogens with zero attached hydrogens (tertiary/aromatic N) is 2. The largest absolute Gasteiger partial charge is 0.481 e. The fourth-order valence-corrected chi connectivity index (χ4v) is 3.42. The Morgan fingerprint density at radius 3 is 3.04 bits per heavy atom. The number of hydrogen-bond acceptors (Lipinski definition) is 4. The summed E-state index contributed by atoms with van der Waals surface area (Å²) in [6.45, 7) is 5.24. The molecule has 1 amide bonds. The molecule has 0 radical (unpaired) electrons. The number of piperidine rings is 1. The second-order valence-corrected chi connectivity index (χ2v) is 6.53. The Labute approximate surface area is 143 Å². The number of pyridine rings is 1. The predicted octanol–water partition coefficient (Wildman–Crippen LogP) is 2.59. The van der Waals surface area contributed by atoms with Crippen LogP contribution in [0.15, 0.2) is 30.3 Å². The summed E-state index contributed by atoms with van der Waals surface area (Å²) in [6.07, 6.45) is 2.33. The van der Waals surface area contributed by atoms with E-state index in [1.54, 1.807) is 14.0 Å². The third kappa shape index (κ3) is 4.03. The summed E-state index contributed by atoms with van der Waals surface area (Å²) in [5, 5.41) is 4.08. The second-order valence-electron chi connectivity index (χ2n) is 6.53. The van der Waals surface area contributed by atoms with Crippen LogP contribution < -0.4 is 10.1 Å². The molecule has 1 aliphatic rings. The van der Waals surface area contributed by atoms with Gasteiger partial charge in [-0.05, 0) is 37.4 Å². The average molecular weight is 327 g/mol. The molecule has 1 fully saturated rings. The van der Waals surface area contributed by atoms with Gasteiger partial charge in [-0.15, -0.1) is 0 Å². The maximum absolute atomic E-state index is 11.1. The molecule has 1 aromatic carbocycles. The average Bonchev–Trinajstić information content (AvgIpc) is 2.59. The van der Waals surface area contributed by atoms with Gasteiger partial charge in [-0.25, -0.2) is 4.98 Å². The number of aromatic nitrogens is 1. The molecule has 128 valence electrons. The molecule has 0 saturated carbocycles. The molecule has 1 aliphatic heterocycles. The van der Waals surface area contributed by atoms with Crippen molar-refractivity contribution < 1.29 is 9.53 Å². The number of fused-ring (bicyclic) bond motifs is 1. The monoisotopic (exact) mass is 327 g/mol. The van der Waals surface area contributed by atoms with E-state index in [0.29, 0.717) is 11.8 Å². The first-order valence-electron chi connectivity index (χ1n) is 8.55. The van der Waals surface area contributed by atoms with E-state index in [9.17, 15) is 4.79 Å². The first-order valence-corrected chi connectivity index (χ1v) is 8.55. The molecule has 24 heavy (non-hydrogen) atoms. The van der Waals surface area contributed by atoms with E-state index in [0.717, 1.165) is 49.1 Å². The maximum Gasteiger partial charge on any atom is 0.218 e. The Morgan fingerprint density at radius 1 is 1.42 bits per heavy atom. The Morgan fingerprint density at radius 2 is 2.25 bits per heavy atom. The second kappa shape index (κ2) is 7.62. The molecular formula is C19H25N3O2. The normalized spacial score (nSPS) is 18.5. The van der Waals surface area contributed by atoms with Crippen molar-refractivity contribution in [2.75, 3.05) is 26.7 Å². The fraction of sp³-hybridized carbons (Fsp3) is 0.474. The smallest absolute Gasteiger partial charge is 0.218 e. The molecule has 1 N–H and O–H groups in total. The van der Waals surface area contributed by atoms with Crippen LogP contribution in [-0.4, -0.2) is 42.5 Å². The highest BCUT2D eigenvalue weighted by Crippen LogP contribution is 2.25. The van der Waals surface area contributed by atoms with Gasteiger partial charge in [0.1, 0.15) is 0 Å². The quantitative estimate of drug-likeness (QED) is 0.917. The van der Waals surface area contributed by atoms with E-state index in [-0.39, 0.29) is 5.91 Å². The van der Waals surface area contributed by atoms with Gasteiger partial charge in [0.25, 0.3) is 0 Å². The zero-order chi connectivity index (χ0) is 16.9. The number of carbonyl (C=O) groups excluding carboxylic acids is 1. The van der Waals surface area contributed by atoms with Crippen molar-refractivity contribution in [3.05, 3.63) is 35.9 Å². The van der Waals surface area contributed by atoms with Gasteiger partial charge in [-0.2, -0.15) is 0 Å². The molecular weight excluding hydrogens is 302 g/mol. The van der Waals surface area contributed by atoms with Crippen molar-refractivity contribution in [2.24, 2.45) is 5.92 Å². The topological polar surface area (TPSA) is 54.5 Å². The molecule has 3 rings (SSSR count). The Balaban J connectivity index is 1.72. The number of methoxy groups -OCH3 is 1. The van der Waals surface area contributed by atoms with E-state index < -0.39 is 0 Å². The summed E-state index contributed by atoms with van der Waals surface area (Å²) in [7, 11) is 1.68. The van der Waals surface area contributed by atoms with Crippen LogP contribution in [0, 0.1) is 5.92 Å². The summed E-state index contributed by atoms with van der Waals surface area (Å²) in [5.41, 5.74) is 2.08. The van der Waals surface area contributed by atoms with E-state index in [4.69, 9.17) is 4.74 Å². The molecule has 0 bridgehead atoms. The number of rotatable bonds is 5. The number of amides is 1. The third-order valence-corrected chi connectivity index (χ3v) is 4.59. The summed E-state index contributed by atoms with van der Waals surface area (Å²) in [6, 6.07) is 10.3. The lowest BCUT2D eigenvalue weighted by Gasteiger charge is -2.33. The van der Waals surface area contributed by atoms with Gasteiger partial charge >= 0.3 is 0 Å². The number of benzene rings is 1. The number of likely N-dealkylation sites (tertiary alicyclic amines) is 1. The van der Waals surface area contributed by atoms with Crippen LogP contribution in [0.1, 0.15) is 25.3 Å². The maximum atomic E-state index is 11.1. The summed E-state index contributed by atoms with van der Waals surface area (Å²) in [5.74, 6) is 1.27. The van der Waals surface area contributed by atoms with Crippen molar-refractivity contribution in [1.29, 1.82) is 0 Å². The molecule has 2 heterocycles. The van der Waals surface area contributed by atoms with Crippen molar-refractivity contribution >= 4 is 16.8 Å². The first kappa shape index (κ1) is 16.7. The summed E-state index contributed by atoms with van der Waals surface area (Å²) in [4.78, 5) is 18.2. The lowest BCUT2D eigenvalue weighted by Crippen LogP contribution is -2.40. The molecule has 5 heteroatoms. The van der Waals surface area contributed by atoms with Crippen LogP contribution in [0.5, 0.6) is 5.88 Å². The molecule has 2 aromatic rings. The van der Waals surface area contributed by atoms with Gasteiger partial charge in [-0.3, -0.25) is 9.69 Å². The SMILES string of the molecule is COc1nc2ccccc2cc1CN1CCC[C@@H](CNC(C)=O)C1. The number of hydrogen-bond donors (Lipinski definition) is 1. The number of carbonyl (C=O) groups is 1. The number of ether oxygens (including phenoxy) is 1. The minimum absolute atomic E-state index is 0.0486. The van der Waals surface area contributed by atoms with Crippen molar-refractivity contribution in [3.63, 3.8) is 0 Å². The van der Waals surface area contributed by atoms with E-state index >= 15 is 0 Å². The van der Waals surface area contributed by atoms with Crippen LogP contribution in [0.4, 0.5) is 0 Å². The fourth-order valence-electron chi connectivity index (χ4n) is 3.42. The molecule has 5 nitrogen and oxygen atoms in total. The van der Waals surface area contributed by atoms with Crippen molar-refractivity contribution in [3.8, 4) is 5.88 Å². The van der Waals surface area contributed by atoms with Gasteiger partial charge in [0.15, 0.2) is 0 Å². The Bertz CT molecular complexity index is 717. The zero-order valence-corrected chi connectivity index (χ0v) is 14.4. The van der Waals surface area contributed by atoms with E-state index in [2.05, 4.69) is 27.3 Å². The number of para-hydroxylation sites is 1. The van der Waals surface area contributed by atoms with Gasteiger partial charge in [0.2, 0.25) is 11.8 Å². The van der Waals surface area contributed by atoms with Crippen LogP contribution >= 0.6 is 0 Å². The van der Waals surface area contributed by atoms with E-state index in [1.807, 2.05) is 18.2 Å². The van der Waals surface area contributed by atoms with E-state index in [1.165, 1.54) is 6.42 Å². The Hall–Kier alpha value is -2.14. The molecule has 0 aliphatic carbocycles. The highest BCUT2D eigenvalue weighted by atomic mass is 16.5. The minimum atomic E-state index is 0.0486. The number of nitrogens with one attached hydrogen (secondary N) is 1. The minimum Gasteiger partial charge on any atom is -0.481 e. The van der Waals surface area contributed by atoms with Crippen molar-refractivity contribution in [2.45, 2.75) is 26.3 Å². The van der Waals surface area contributed by atoms with Gasteiger partial charge in [-0.1, -0.05) is 18.2 Å². The van der Waals surface area contributed by atoms with Gasteiger partial charge in [0, 0.05) is 37.5 Å². The Kier molecular flexibility index (Phi) is 5.30. The standard InChI is InChI=1S/C19H25N3O2/c1-14(23)20-11-15-6-5-9-22(12-15)13-17-10-16-7-3-4-8-18(16)21-19(17)24-2/h3-4,7-8,10,15H,5-6,9,11-13H2,1-2H3,(H,20,23)/t15-/m0/s1. The van der Waals surface area contributed by atoms with Crippen LogP contribution in [-0.2, 0) is 11.3 Å². The van der Waals surface area contributed by atoms with Crippen molar-refractivity contribution in [1.82, 2.24) is 15.2 Å². The first-order chi connectivity index (χ1) is 11.7. The predicted molar refractivity (Wildman–Crippen MR) is 95.0 cm³/mol. The molecule has 1 aromatic heterocycles. The van der Waals surface area contributed by atoms with Crippen LogP contribution in [0.3, 0.4) is 0 Å².